The lowest BCUT2D eigenvalue weighted by Crippen LogP contribution is -2.12. The largest absolute Gasteiger partial charge is 0.490 e. The lowest BCUT2D eigenvalue weighted by molar-refractivity contribution is 0.123. The summed E-state index contributed by atoms with van der Waals surface area (Å²) in [6.07, 6.45) is 0.477. The van der Waals surface area contributed by atoms with E-state index in [1.807, 2.05) is 12.1 Å². The zero-order valence-electron chi connectivity index (χ0n) is 15.9. The van der Waals surface area contributed by atoms with Crippen molar-refractivity contribution >= 4 is 10.8 Å². The molecule has 1 N–H and O–H groups in total. The molecule has 4 aromatic carbocycles. The Morgan fingerprint density at radius 2 is 1.39 bits per heavy atom. The van der Waals surface area contributed by atoms with Gasteiger partial charge in [0.05, 0.1) is 6.10 Å². The van der Waals surface area contributed by atoms with Crippen LogP contribution in [-0.2, 0) is 6.42 Å². The molecule has 4 aromatic rings. The maximum atomic E-state index is 9.58. The molecule has 0 amide bonds. The molecule has 0 saturated heterocycles. The van der Waals surface area contributed by atoms with Crippen molar-refractivity contribution in [3.63, 3.8) is 0 Å². The van der Waals surface area contributed by atoms with Crippen LogP contribution in [0.2, 0.25) is 0 Å². The highest BCUT2D eigenvalue weighted by atomic mass is 16.5. The van der Waals surface area contributed by atoms with E-state index >= 15 is 0 Å². The molecule has 0 bridgehead atoms. The Balaban J connectivity index is 1.67. The summed E-state index contributed by atoms with van der Waals surface area (Å²) in [7, 11) is 0. The lowest BCUT2D eigenvalue weighted by Gasteiger charge is -2.15. The fourth-order valence-electron chi connectivity index (χ4n) is 4.26. The second-order valence-corrected chi connectivity index (χ2v) is 7.48. The second kappa shape index (κ2) is 6.81. The third-order valence-corrected chi connectivity index (χ3v) is 5.50. The van der Waals surface area contributed by atoms with Gasteiger partial charge in [0.2, 0.25) is 0 Å². The van der Waals surface area contributed by atoms with Crippen molar-refractivity contribution in [3.05, 3.63) is 90.0 Å². The first-order valence-electron chi connectivity index (χ1n) is 9.75. The maximum absolute atomic E-state index is 9.58. The van der Waals surface area contributed by atoms with Gasteiger partial charge in [-0.25, -0.2) is 0 Å². The van der Waals surface area contributed by atoms with Crippen molar-refractivity contribution in [2.45, 2.75) is 19.4 Å². The summed E-state index contributed by atoms with van der Waals surface area (Å²) >= 11 is 0. The molecule has 28 heavy (non-hydrogen) atoms. The number of benzene rings is 4. The summed E-state index contributed by atoms with van der Waals surface area (Å²) in [6.45, 7) is 2.03. The molecule has 0 spiro atoms. The van der Waals surface area contributed by atoms with Crippen LogP contribution >= 0.6 is 0 Å². The minimum absolute atomic E-state index is 0.291. The molecule has 2 heteroatoms. The van der Waals surface area contributed by atoms with E-state index < -0.39 is 6.10 Å². The Morgan fingerprint density at radius 3 is 2.25 bits per heavy atom. The average Bonchev–Trinajstić information content (AvgIpc) is 3.10. The highest BCUT2D eigenvalue weighted by molar-refractivity contribution is 6.01. The maximum Gasteiger partial charge on any atom is 0.127 e. The Kier molecular flexibility index (Phi) is 4.14. The minimum atomic E-state index is -0.491. The summed E-state index contributed by atoms with van der Waals surface area (Å²) in [5.74, 6) is 0.816. The van der Waals surface area contributed by atoms with Crippen LogP contribution in [0.4, 0.5) is 0 Å². The molecule has 0 fully saturated rings. The molecule has 138 valence electrons. The first-order chi connectivity index (χ1) is 13.7. The van der Waals surface area contributed by atoms with Gasteiger partial charge in [-0.2, -0.15) is 0 Å². The lowest BCUT2D eigenvalue weighted by atomic mass is 9.92. The standard InChI is InChI=1S/C26H22O2/c1-17(27)16-28-26-14-6-12-22-21(10-5-13-24(22)26)23-11-4-9-20-19-8-3-2-7-18(19)15-25(20)23/h2-14,17,27H,15-16H2,1H3. The smallest absolute Gasteiger partial charge is 0.127 e. The quantitative estimate of drug-likeness (QED) is 0.433. The topological polar surface area (TPSA) is 29.5 Å². The van der Waals surface area contributed by atoms with Gasteiger partial charge < -0.3 is 9.84 Å². The number of hydrogen-bond acceptors (Lipinski definition) is 2. The van der Waals surface area contributed by atoms with Crippen molar-refractivity contribution in [2.24, 2.45) is 0 Å². The van der Waals surface area contributed by atoms with Crippen molar-refractivity contribution in [3.8, 4) is 28.0 Å². The van der Waals surface area contributed by atoms with Crippen LogP contribution in [-0.4, -0.2) is 17.8 Å². The van der Waals surface area contributed by atoms with Crippen LogP contribution in [0.1, 0.15) is 18.1 Å². The van der Waals surface area contributed by atoms with Gasteiger partial charge in [0, 0.05) is 5.39 Å². The van der Waals surface area contributed by atoms with Crippen LogP contribution in [0.25, 0.3) is 33.0 Å². The molecule has 0 aliphatic heterocycles. The van der Waals surface area contributed by atoms with E-state index in [0.29, 0.717) is 6.61 Å². The molecule has 1 aliphatic carbocycles. The third kappa shape index (κ3) is 2.78. The van der Waals surface area contributed by atoms with E-state index in [0.717, 1.165) is 17.6 Å². The SMILES string of the molecule is CC(O)COc1cccc2c(-c3cccc4c3Cc3ccccc3-4)cccc12. The molecule has 1 unspecified atom stereocenters. The number of rotatable bonds is 4. The molecule has 0 radical (unpaired) electrons. The number of aliphatic hydroxyl groups excluding tert-OH is 1. The minimum Gasteiger partial charge on any atom is -0.490 e. The average molecular weight is 366 g/mol. The molecule has 1 aliphatic rings. The van der Waals surface area contributed by atoms with Gasteiger partial charge in [-0.15, -0.1) is 0 Å². The second-order valence-electron chi connectivity index (χ2n) is 7.48. The molecule has 0 heterocycles. The number of ether oxygens (including phenoxy) is 1. The summed E-state index contributed by atoms with van der Waals surface area (Å²) in [4.78, 5) is 0. The Bertz CT molecular complexity index is 1170. The van der Waals surface area contributed by atoms with Gasteiger partial charge in [0.15, 0.2) is 0 Å². The summed E-state index contributed by atoms with van der Waals surface area (Å²) in [6, 6.07) is 27.8. The van der Waals surface area contributed by atoms with Crippen molar-refractivity contribution in [1.29, 1.82) is 0 Å². The van der Waals surface area contributed by atoms with Gasteiger partial charge in [0.1, 0.15) is 12.4 Å². The monoisotopic (exact) mass is 366 g/mol. The van der Waals surface area contributed by atoms with Crippen LogP contribution in [0.15, 0.2) is 78.9 Å². The molecule has 2 nitrogen and oxygen atoms in total. The van der Waals surface area contributed by atoms with E-state index in [1.54, 1.807) is 6.92 Å². The van der Waals surface area contributed by atoms with Crippen molar-refractivity contribution in [2.75, 3.05) is 6.61 Å². The molecule has 0 saturated carbocycles. The first kappa shape index (κ1) is 17.0. The van der Waals surface area contributed by atoms with Crippen LogP contribution in [0.5, 0.6) is 5.75 Å². The zero-order chi connectivity index (χ0) is 19.1. The molecular formula is C26H22O2. The predicted molar refractivity (Wildman–Crippen MR) is 115 cm³/mol. The Morgan fingerprint density at radius 1 is 0.750 bits per heavy atom. The van der Waals surface area contributed by atoms with E-state index in [1.165, 1.54) is 38.8 Å². The highest BCUT2D eigenvalue weighted by Crippen LogP contribution is 2.43. The van der Waals surface area contributed by atoms with Crippen LogP contribution in [0.3, 0.4) is 0 Å². The number of aliphatic hydroxyl groups is 1. The molecule has 5 rings (SSSR count). The summed E-state index contributed by atoms with van der Waals surface area (Å²) < 4.78 is 5.86. The van der Waals surface area contributed by atoms with Gasteiger partial charge in [-0.3, -0.25) is 0 Å². The fraction of sp³-hybridized carbons (Fsp3) is 0.154. The number of fused-ring (bicyclic) bond motifs is 4. The van der Waals surface area contributed by atoms with Crippen LogP contribution < -0.4 is 4.74 Å². The zero-order valence-corrected chi connectivity index (χ0v) is 15.9. The van der Waals surface area contributed by atoms with E-state index in [-0.39, 0.29) is 0 Å². The van der Waals surface area contributed by atoms with Crippen LogP contribution in [0, 0.1) is 0 Å². The normalized spacial score (nSPS) is 13.2. The van der Waals surface area contributed by atoms with Crippen molar-refractivity contribution < 1.29 is 9.84 Å². The number of hydrogen-bond donors (Lipinski definition) is 1. The Labute approximate surface area is 165 Å². The molecule has 0 aromatic heterocycles. The predicted octanol–water partition coefficient (Wildman–Crippen LogP) is 5.84. The third-order valence-electron chi connectivity index (χ3n) is 5.50. The fourth-order valence-corrected chi connectivity index (χ4v) is 4.26. The summed E-state index contributed by atoms with van der Waals surface area (Å²) in [5, 5.41) is 11.8. The summed E-state index contributed by atoms with van der Waals surface area (Å²) in [5.41, 5.74) is 7.99. The van der Waals surface area contributed by atoms with Gasteiger partial charge in [0.25, 0.3) is 0 Å². The van der Waals surface area contributed by atoms with E-state index in [2.05, 4.69) is 66.7 Å². The first-order valence-corrected chi connectivity index (χ1v) is 9.75. The highest BCUT2D eigenvalue weighted by Gasteiger charge is 2.21. The molecule has 1 atom stereocenters. The van der Waals surface area contributed by atoms with Crippen molar-refractivity contribution in [1.82, 2.24) is 0 Å². The Hall–Kier alpha value is -3.10. The van der Waals surface area contributed by atoms with E-state index in [4.69, 9.17) is 4.74 Å². The molecular weight excluding hydrogens is 344 g/mol. The van der Waals surface area contributed by atoms with Gasteiger partial charge >= 0.3 is 0 Å². The van der Waals surface area contributed by atoms with Gasteiger partial charge in [-0.05, 0) is 58.2 Å². The van der Waals surface area contributed by atoms with Gasteiger partial charge in [-0.1, -0.05) is 72.8 Å². The van der Waals surface area contributed by atoms with E-state index in [9.17, 15) is 5.11 Å².